The maximum atomic E-state index is 10.2. The Kier molecular flexibility index (Phi) is 4.42. The van der Waals surface area contributed by atoms with Crippen molar-refractivity contribution in [3.63, 3.8) is 0 Å². The first-order valence-corrected chi connectivity index (χ1v) is 6.41. The van der Waals surface area contributed by atoms with Crippen molar-refractivity contribution >= 4 is 20.2 Å². The van der Waals surface area contributed by atoms with E-state index in [0.717, 1.165) is 0 Å². The van der Waals surface area contributed by atoms with Crippen LogP contribution in [0.2, 0.25) is 0 Å². The van der Waals surface area contributed by atoms with E-state index in [1.807, 2.05) is 0 Å². The fraction of sp³-hybridized carbons (Fsp3) is 1.00. The summed E-state index contributed by atoms with van der Waals surface area (Å²) >= 11 is 0. The molecule has 0 aromatic rings. The Morgan fingerprint density at radius 2 is 1.43 bits per heavy atom. The van der Waals surface area contributed by atoms with Gasteiger partial charge in [0.1, 0.15) is 5.75 Å². The zero-order valence-corrected chi connectivity index (χ0v) is 8.44. The molecule has 2 unspecified atom stereocenters. The lowest BCUT2D eigenvalue weighted by Gasteiger charge is -2.11. The molecule has 8 nitrogen and oxygen atoms in total. The fourth-order valence-corrected chi connectivity index (χ4v) is 1.75. The molecular formula is C4H10O8S2. The minimum Gasteiger partial charge on any atom is -0.392 e. The zero-order valence-electron chi connectivity index (χ0n) is 6.81. The highest BCUT2D eigenvalue weighted by Gasteiger charge is 2.25. The lowest BCUT2D eigenvalue weighted by molar-refractivity contribution is 0.125. The topological polar surface area (TPSA) is 149 Å². The van der Waals surface area contributed by atoms with Crippen molar-refractivity contribution in [2.24, 2.45) is 0 Å². The second-order valence-electron chi connectivity index (χ2n) is 2.61. The lowest BCUT2D eigenvalue weighted by Crippen LogP contribution is -2.29. The van der Waals surface area contributed by atoms with Gasteiger partial charge in [0, 0.05) is 6.42 Å². The van der Waals surface area contributed by atoms with Crippen molar-refractivity contribution in [2.75, 3.05) is 5.75 Å². The summed E-state index contributed by atoms with van der Waals surface area (Å²) in [7, 11) is -9.19. The Bertz CT molecular complexity index is 366. The Balaban J connectivity index is 4.29. The summed E-state index contributed by atoms with van der Waals surface area (Å²) in [6, 6.07) is 0. The molecule has 0 aliphatic heterocycles. The Morgan fingerprint density at radius 3 is 1.71 bits per heavy atom. The maximum Gasteiger partial charge on any atom is 0.292 e. The second-order valence-corrected chi connectivity index (χ2v) is 5.68. The van der Waals surface area contributed by atoms with Gasteiger partial charge in [-0.25, -0.2) is 0 Å². The lowest BCUT2D eigenvalue weighted by atomic mass is 10.3. The van der Waals surface area contributed by atoms with E-state index >= 15 is 0 Å². The van der Waals surface area contributed by atoms with Crippen LogP contribution in [-0.4, -0.2) is 53.4 Å². The van der Waals surface area contributed by atoms with E-state index in [9.17, 15) is 16.8 Å². The third kappa shape index (κ3) is 6.23. The first kappa shape index (κ1) is 13.7. The van der Waals surface area contributed by atoms with Crippen LogP contribution in [0.5, 0.6) is 0 Å². The van der Waals surface area contributed by atoms with E-state index in [1.165, 1.54) is 0 Å². The molecule has 0 aliphatic rings. The van der Waals surface area contributed by atoms with Gasteiger partial charge >= 0.3 is 0 Å². The molecule has 86 valence electrons. The van der Waals surface area contributed by atoms with E-state index in [0.29, 0.717) is 0 Å². The van der Waals surface area contributed by atoms with Crippen LogP contribution in [-0.2, 0) is 20.2 Å². The molecular weight excluding hydrogens is 240 g/mol. The molecule has 4 N–H and O–H groups in total. The monoisotopic (exact) mass is 250 g/mol. The van der Waals surface area contributed by atoms with E-state index in [2.05, 4.69) is 0 Å². The van der Waals surface area contributed by atoms with Crippen molar-refractivity contribution in [1.82, 2.24) is 0 Å². The van der Waals surface area contributed by atoms with Gasteiger partial charge in [-0.1, -0.05) is 0 Å². The Labute approximate surface area is 80.7 Å². The highest BCUT2D eigenvalue weighted by Crippen LogP contribution is 2.05. The summed E-state index contributed by atoms with van der Waals surface area (Å²) in [6.45, 7) is 0. The molecule has 0 spiro atoms. The summed E-state index contributed by atoms with van der Waals surface area (Å²) in [4.78, 5) is 0. The molecule has 0 saturated carbocycles. The number of aliphatic hydroxyl groups is 2. The fourth-order valence-electron chi connectivity index (χ4n) is 0.666. The van der Waals surface area contributed by atoms with Crippen molar-refractivity contribution in [2.45, 2.75) is 18.0 Å². The van der Waals surface area contributed by atoms with Crippen molar-refractivity contribution in [3.05, 3.63) is 0 Å². The van der Waals surface area contributed by atoms with E-state index in [4.69, 9.17) is 19.3 Å². The molecule has 0 rings (SSSR count). The summed E-state index contributed by atoms with van der Waals surface area (Å²) in [6.07, 6.45) is -2.68. The average molecular weight is 250 g/mol. The van der Waals surface area contributed by atoms with Crippen molar-refractivity contribution in [3.8, 4) is 0 Å². The average Bonchev–Trinajstić information content (AvgIpc) is 1.79. The van der Waals surface area contributed by atoms with E-state index in [1.54, 1.807) is 0 Å². The largest absolute Gasteiger partial charge is 0.392 e. The molecule has 0 aromatic heterocycles. The van der Waals surface area contributed by atoms with Crippen LogP contribution in [0.4, 0.5) is 0 Å². The van der Waals surface area contributed by atoms with Crippen LogP contribution in [0.25, 0.3) is 0 Å². The molecule has 0 heterocycles. The van der Waals surface area contributed by atoms with Crippen LogP contribution in [0.15, 0.2) is 0 Å². The van der Waals surface area contributed by atoms with Crippen molar-refractivity contribution in [1.29, 1.82) is 0 Å². The van der Waals surface area contributed by atoms with E-state index in [-0.39, 0.29) is 0 Å². The van der Waals surface area contributed by atoms with Gasteiger partial charge in [0.15, 0.2) is 5.44 Å². The van der Waals surface area contributed by atoms with Gasteiger partial charge in [0.05, 0.1) is 6.10 Å². The van der Waals surface area contributed by atoms with Crippen LogP contribution < -0.4 is 0 Å². The molecule has 0 radical (unpaired) electrons. The molecule has 0 bridgehead atoms. The second kappa shape index (κ2) is 4.51. The van der Waals surface area contributed by atoms with Gasteiger partial charge in [-0.2, -0.15) is 16.8 Å². The SMILES string of the molecule is O=S(=O)(O)CC(O)CC(O)S(=O)(=O)O. The third-order valence-corrected chi connectivity index (χ3v) is 2.91. The van der Waals surface area contributed by atoms with Gasteiger partial charge in [0.2, 0.25) is 0 Å². The van der Waals surface area contributed by atoms with Gasteiger partial charge in [0.25, 0.3) is 20.2 Å². The van der Waals surface area contributed by atoms with Gasteiger partial charge in [-0.15, -0.1) is 0 Å². The number of aliphatic hydroxyl groups excluding tert-OH is 2. The highest BCUT2D eigenvalue weighted by molar-refractivity contribution is 7.86. The molecule has 10 heteroatoms. The molecule has 0 fully saturated rings. The van der Waals surface area contributed by atoms with Crippen LogP contribution in [0.1, 0.15) is 6.42 Å². The zero-order chi connectivity index (χ0) is 11.6. The highest BCUT2D eigenvalue weighted by atomic mass is 32.2. The normalized spacial score (nSPS) is 17.7. The quantitative estimate of drug-likeness (QED) is 0.403. The molecule has 2 atom stereocenters. The Morgan fingerprint density at radius 1 is 1.00 bits per heavy atom. The van der Waals surface area contributed by atoms with E-state index < -0.39 is 43.9 Å². The minimum absolute atomic E-state index is 0.904. The minimum atomic E-state index is -4.73. The van der Waals surface area contributed by atoms with Gasteiger partial charge in [-0.3, -0.25) is 9.11 Å². The predicted octanol–water partition coefficient (Wildman–Crippen LogP) is -2.17. The van der Waals surface area contributed by atoms with Crippen LogP contribution >= 0.6 is 0 Å². The summed E-state index contributed by atoms with van der Waals surface area (Å²) < 4.78 is 57.2. The molecule has 0 aliphatic carbocycles. The first-order chi connectivity index (χ1) is 6.02. The molecule has 0 aromatic carbocycles. The standard InChI is InChI=1S/C4H10O8S2/c5-3(2-13(7,8)9)1-4(6)14(10,11)12/h3-6H,1-2H2,(H,7,8,9)(H,10,11,12). The number of rotatable bonds is 5. The third-order valence-electron chi connectivity index (χ3n) is 1.22. The maximum absolute atomic E-state index is 10.2. The molecule has 0 amide bonds. The van der Waals surface area contributed by atoms with Crippen LogP contribution in [0, 0.1) is 0 Å². The smallest absolute Gasteiger partial charge is 0.292 e. The molecule has 14 heavy (non-hydrogen) atoms. The first-order valence-electron chi connectivity index (χ1n) is 3.30. The summed E-state index contributed by atoms with van der Waals surface area (Å²) in [5.74, 6) is -1.11. The van der Waals surface area contributed by atoms with Gasteiger partial charge in [-0.05, 0) is 0 Å². The van der Waals surface area contributed by atoms with Crippen molar-refractivity contribution < 1.29 is 36.2 Å². The number of hydrogen-bond acceptors (Lipinski definition) is 6. The Hall–Kier alpha value is -0.260. The van der Waals surface area contributed by atoms with Crippen LogP contribution in [0.3, 0.4) is 0 Å². The van der Waals surface area contributed by atoms with Gasteiger partial charge < -0.3 is 10.2 Å². The summed E-state index contributed by atoms with van der Waals surface area (Å²) in [5, 5.41) is 17.5. The predicted molar refractivity (Wildman–Crippen MR) is 44.6 cm³/mol. The number of hydrogen-bond donors (Lipinski definition) is 4. The molecule has 0 saturated heterocycles. The summed E-state index contributed by atoms with van der Waals surface area (Å²) in [5.41, 5.74) is -2.28.